The van der Waals surface area contributed by atoms with E-state index >= 15 is 0 Å². The zero-order valence-electron chi connectivity index (χ0n) is 17.2. The summed E-state index contributed by atoms with van der Waals surface area (Å²) in [5.74, 6) is -1.03. The summed E-state index contributed by atoms with van der Waals surface area (Å²) >= 11 is 0. The fraction of sp³-hybridized carbons (Fsp3) is 0.286. The molecule has 2 aromatic rings. The van der Waals surface area contributed by atoms with Gasteiger partial charge in [-0.15, -0.1) is 0 Å². The number of amides is 1. The second kappa shape index (κ2) is 9.27. The standard InChI is InChI=1S/C21H24N4O5S/c1-3-14-10-11-15(12-19(14)31(22,28)29)23-20(26)18-13-17(21(27)30-4-2)24-25(18)16-8-6-5-7-9-16/h5-12,18H,3-4,13H2,1-2H3,(H,23,26)(H2,22,28,29). The number of aryl methyl sites for hydroxylation is 1. The third kappa shape index (κ3) is 5.09. The Hall–Kier alpha value is -3.24. The number of nitrogens with one attached hydrogen (secondary N) is 1. The van der Waals surface area contributed by atoms with Gasteiger partial charge >= 0.3 is 5.97 Å². The van der Waals surface area contributed by atoms with E-state index in [1.54, 1.807) is 43.3 Å². The van der Waals surface area contributed by atoms with Crippen LogP contribution in [0.3, 0.4) is 0 Å². The molecule has 0 bridgehead atoms. The van der Waals surface area contributed by atoms with Gasteiger partial charge < -0.3 is 10.1 Å². The number of hydrogen-bond donors (Lipinski definition) is 2. The quantitative estimate of drug-likeness (QED) is 0.628. The molecule has 0 fully saturated rings. The van der Waals surface area contributed by atoms with Crippen molar-refractivity contribution in [2.45, 2.75) is 37.6 Å². The Bertz CT molecular complexity index is 1120. The van der Waals surface area contributed by atoms with E-state index in [-0.39, 0.29) is 29.3 Å². The first kappa shape index (κ1) is 22.4. The van der Waals surface area contributed by atoms with E-state index in [0.29, 0.717) is 17.7 Å². The van der Waals surface area contributed by atoms with Gasteiger partial charge in [0.25, 0.3) is 0 Å². The Morgan fingerprint density at radius 1 is 1.19 bits per heavy atom. The summed E-state index contributed by atoms with van der Waals surface area (Å²) in [5, 5.41) is 13.8. The molecule has 0 aliphatic carbocycles. The number of carbonyl (C=O) groups excluding carboxylic acids is 2. The van der Waals surface area contributed by atoms with Gasteiger partial charge in [-0.2, -0.15) is 5.10 Å². The number of anilines is 2. The van der Waals surface area contributed by atoms with Crippen LogP contribution in [0.5, 0.6) is 0 Å². The van der Waals surface area contributed by atoms with Crippen molar-refractivity contribution in [3.8, 4) is 0 Å². The molecule has 9 nitrogen and oxygen atoms in total. The molecule has 1 atom stereocenters. The lowest BCUT2D eigenvalue weighted by molar-refractivity contribution is -0.135. The van der Waals surface area contributed by atoms with Gasteiger partial charge in [-0.1, -0.05) is 31.2 Å². The lowest BCUT2D eigenvalue weighted by Crippen LogP contribution is -2.38. The zero-order valence-corrected chi connectivity index (χ0v) is 18.1. The Morgan fingerprint density at radius 3 is 2.52 bits per heavy atom. The number of primary sulfonamides is 1. The van der Waals surface area contributed by atoms with Gasteiger partial charge in [0.2, 0.25) is 15.9 Å². The number of nitrogens with two attached hydrogens (primary N) is 1. The van der Waals surface area contributed by atoms with Crippen molar-refractivity contribution in [3.63, 3.8) is 0 Å². The van der Waals surface area contributed by atoms with Crippen LogP contribution in [-0.4, -0.2) is 38.7 Å². The van der Waals surface area contributed by atoms with Crippen LogP contribution >= 0.6 is 0 Å². The van der Waals surface area contributed by atoms with E-state index in [4.69, 9.17) is 9.88 Å². The lowest BCUT2D eigenvalue weighted by Gasteiger charge is -2.23. The van der Waals surface area contributed by atoms with Crippen molar-refractivity contribution >= 4 is 39.0 Å². The van der Waals surface area contributed by atoms with E-state index in [0.717, 1.165) is 0 Å². The normalized spacial score (nSPS) is 16.0. The molecule has 1 heterocycles. The molecule has 164 valence electrons. The summed E-state index contributed by atoms with van der Waals surface area (Å²) < 4.78 is 28.8. The van der Waals surface area contributed by atoms with Gasteiger partial charge in [0.15, 0.2) is 0 Å². The van der Waals surface area contributed by atoms with Gasteiger partial charge in [-0.25, -0.2) is 18.4 Å². The molecular formula is C21H24N4O5S. The topological polar surface area (TPSA) is 131 Å². The number of carbonyl (C=O) groups is 2. The summed E-state index contributed by atoms with van der Waals surface area (Å²) in [5.41, 5.74) is 1.61. The van der Waals surface area contributed by atoms with Crippen molar-refractivity contribution in [2.24, 2.45) is 10.2 Å². The number of nitrogens with zero attached hydrogens (tertiary/aromatic N) is 2. The van der Waals surface area contributed by atoms with Gasteiger partial charge in [0, 0.05) is 12.1 Å². The fourth-order valence-corrected chi connectivity index (χ4v) is 4.15. The molecule has 31 heavy (non-hydrogen) atoms. The van der Waals surface area contributed by atoms with Crippen molar-refractivity contribution in [1.82, 2.24) is 0 Å². The number of ether oxygens (including phenoxy) is 1. The molecule has 2 aromatic carbocycles. The fourth-order valence-electron chi connectivity index (χ4n) is 3.29. The van der Waals surface area contributed by atoms with Crippen LogP contribution in [-0.2, 0) is 30.8 Å². The zero-order chi connectivity index (χ0) is 22.6. The minimum absolute atomic E-state index is 0.0393. The Morgan fingerprint density at radius 2 is 1.90 bits per heavy atom. The minimum atomic E-state index is -3.95. The number of hydrogen-bond acceptors (Lipinski definition) is 7. The van der Waals surface area contributed by atoms with E-state index in [2.05, 4.69) is 10.4 Å². The second-order valence-electron chi connectivity index (χ2n) is 6.88. The maximum atomic E-state index is 13.1. The van der Waals surface area contributed by atoms with Crippen LogP contribution in [0, 0.1) is 0 Å². The van der Waals surface area contributed by atoms with Crippen LogP contribution in [0.1, 0.15) is 25.8 Å². The molecule has 0 saturated carbocycles. The van der Waals surface area contributed by atoms with Gasteiger partial charge in [-0.3, -0.25) is 9.80 Å². The third-order valence-electron chi connectivity index (χ3n) is 4.77. The Balaban J connectivity index is 1.89. The number of esters is 1. The number of benzene rings is 2. The van der Waals surface area contributed by atoms with E-state index in [1.807, 2.05) is 13.0 Å². The summed E-state index contributed by atoms with van der Waals surface area (Å²) in [7, 11) is -3.95. The minimum Gasteiger partial charge on any atom is -0.461 e. The molecule has 1 aliphatic rings. The molecule has 0 aromatic heterocycles. The van der Waals surface area contributed by atoms with Crippen LogP contribution in [0.2, 0.25) is 0 Å². The highest BCUT2D eigenvalue weighted by atomic mass is 32.2. The second-order valence-corrected chi connectivity index (χ2v) is 8.41. The predicted octanol–water partition coefficient (Wildman–Crippen LogP) is 2.03. The number of para-hydroxylation sites is 1. The highest BCUT2D eigenvalue weighted by molar-refractivity contribution is 7.89. The number of hydrazone groups is 1. The summed E-state index contributed by atoms with van der Waals surface area (Å²) in [4.78, 5) is 25.2. The first-order valence-electron chi connectivity index (χ1n) is 9.80. The molecule has 0 spiro atoms. The van der Waals surface area contributed by atoms with Crippen LogP contribution in [0.4, 0.5) is 11.4 Å². The number of sulfonamides is 1. The molecule has 0 saturated heterocycles. The predicted molar refractivity (Wildman–Crippen MR) is 117 cm³/mol. The molecule has 10 heteroatoms. The first-order valence-corrected chi connectivity index (χ1v) is 11.3. The maximum absolute atomic E-state index is 13.1. The van der Waals surface area contributed by atoms with Crippen LogP contribution < -0.4 is 15.5 Å². The Kier molecular flexibility index (Phi) is 6.71. The highest BCUT2D eigenvalue weighted by Crippen LogP contribution is 2.27. The molecule has 3 N–H and O–H groups in total. The summed E-state index contributed by atoms with van der Waals surface area (Å²) in [6.07, 6.45) is 0.524. The monoisotopic (exact) mass is 444 g/mol. The molecule has 1 amide bonds. The first-order chi connectivity index (χ1) is 14.7. The molecule has 0 radical (unpaired) electrons. The van der Waals surface area contributed by atoms with E-state index in [9.17, 15) is 18.0 Å². The largest absolute Gasteiger partial charge is 0.461 e. The average molecular weight is 445 g/mol. The Labute approximate surface area is 180 Å². The molecule has 1 aliphatic heterocycles. The van der Waals surface area contributed by atoms with E-state index < -0.39 is 27.9 Å². The molecule has 3 rings (SSSR count). The van der Waals surface area contributed by atoms with Gasteiger partial charge in [-0.05, 0) is 43.2 Å². The SMILES string of the molecule is CCOC(=O)C1=NN(c2ccccc2)C(C(=O)Nc2ccc(CC)c(S(N)(=O)=O)c2)C1. The average Bonchev–Trinajstić information content (AvgIpc) is 3.20. The van der Waals surface area contributed by atoms with Crippen LogP contribution in [0.25, 0.3) is 0 Å². The van der Waals surface area contributed by atoms with E-state index in [1.165, 1.54) is 11.1 Å². The summed E-state index contributed by atoms with van der Waals surface area (Å²) in [6, 6.07) is 12.7. The van der Waals surface area contributed by atoms with Crippen molar-refractivity contribution in [2.75, 3.05) is 16.9 Å². The molecule has 1 unspecified atom stereocenters. The van der Waals surface area contributed by atoms with Crippen molar-refractivity contribution < 1.29 is 22.7 Å². The lowest BCUT2D eigenvalue weighted by atomic mass is 10.1. The number of rotatable bonds is 7. The third-order valence-corrected chi connectivity index (χ3v) is 5.76. The van der Waals surface area contributed by atoms with Gasteiger partial charge in [0.05, 0.1) is 17.2 Å². The van der Waals surface area contributed by atoms with Crippen molar-refractivity contribution in [3.05, 3.63) is 54.1 Å². The van der Waals surface area contributed by atoms with Crippen molar-refractivity contribution in [1.29, 1.82) is 0 Å². The maximum Gasteiger partial charge on any atom is 0.354 e. The smallest absolute Gasteiger partial charge is 0.354 e. The molecular weight excluding hydrogens is 420 g/mol. The highest BCUT2D eigenvalue weighted by Gasteiger charge is 2.37. The van der Waals surface area contributed by atoms with Gasteiger partial charge in [0.1, 0.15) is 11.8 Å². The summed E-state index contributed by atoms with van der Waals surface area (Å²) in [6.45, 7) is 3.70. The van der Waals surface area contributed by atoms with Crippen LogP contribution in [0.15, 0.2) is 58.5 Å².